The van der Waals surface area contributed by atoms with E-state index in [-0.39, 0.29) is 30.1 Å². The Labute approximate surface area is 84.2 Å². The number of Topliss-reactive ketones (excluding diaryl/α,β-unsaturated/α-hetero) is 1. The van der Waals surface area contributed by atoms with Gasteiger partial charge in [0, 0.05) is 6.42 Å². The monoisotopic (exact) mass is 209 g/mol. The molecule has 0 bridgehead atoms. The van der Waals surface area contributed by atoms with Gasteiger partial charge in [0.25, 0.3) is 0 Å². The van der Waals surface area contributed by atoms with E-state index in [1.165, 1.54) is 6.07 Å². The Morgan fingerprint density at radius 3 is 2.87 bits per heavy atom. The number of hydrogen-bond donors (Lipinski definition) is 1. The molecule has 1 aliphatic heterocycles. The molecular formula is C9H7NO5. The Bertz CT molecular complexity index is 454. The van der Waals surface area contributed by atoms with E-state index in [9.17, 15) is 20.0 Å². The van der Waals surface area contributed by atoms with Crippen LogP contribution in [-0.2, 0) is 0 Å². The molecule has 15 heavy (non-hydrogen) atoms. The van der Waals surface area contributed by atoms with Gasteiger partial charge in [-0.15, -0.1) is 0 Å². The third-order valence-electron chi connectivity index (χ3n) is 2.17. The highest BCUT2D eigenvalue weighted by molar-refractivity contribution is 6.04. The van der Waals surface area contributed by atoms with Gasteiger partial charge in [-0.3, -0.25) is 14.9 Å². The number of phenolic OH excluding ortho intramolecular Hbond substituents is 1. The molecule has 78 valence electrons. The second-order valence-corrected chi connectivity index (χ2v) is 3.09. The molecule has 6 nitrogen and oxygen atoms in total. The Morgan fingerprint density at radius 2 is 2.20 bits per heavy atom. The molecule has 0 aliphatic carbocycles. The zero-order valence-corrected chi connectivity index (χ0v) is 7.60. The van der Waals surface area contributed by atoms with Crippen LogP contribution in [0, 0.1) is 10.1 Å². The van der Waals surface area contributed by atoms with Crippen LogP contribution in [-0.4, -0.2) is 22.4 Å². The smallest absolute Gasteiger partial charge is 0.325 e. The lowest BCUT2D eigenvalue weighted by atomic mass is 10.0. The fraction of sp³-hybridized carbons (Fsp3) is 0.222. The third-order valence-corrected chi connectivity index (χ3v) is 2.17. The average molecular weight is 209 g/mol. The molecule has 1 aliphatic rings. The number of ether oxygens (including phenoxy) is 1. The maximum Gasteiger partial charge on any atom is 0.325 e. The van der Waals surface area contributed by atoms with Gasteiger partial charge in [0.05, 0.1) is 11.5 Å². The lowest BCUT2D eigenvalue weighted by Gasteiger charge is -2.15. The van der Waals surface area contributed by atoms with Crippen molar-refractivity contribution >= 4 is 11.5 Å². The van der Waals surface area contributed by atoms with Crippen LogP contribution in [0.5, 0.6) is 11.5 Å². The predicted octanol–water partition coefficient (Wildman–Crippen LogP) is 1.27. The molecule has 1 heterocycles. The van der Waals surface area contributed by atoms with Gasteiger partial charge in [0.1, 0.15) is 11.3 Å². The molecule has 0 saturated heterocycles. The molecule has 1 aromatic carbocycles. The number of aromatic hydroxyl groups is 1. The highest BCUT2D eigenvalue weighted by atomic mass is 16.6. The summed E-state index contributed by atoms with van der Waals surface area (Å²) in [7, 11) is 0. The van der Waals surface area contributed by atoms with Crippen LogP contribution < -0.4 is 4.74 Å². The zero-order chi connectivity index (χ0) is 11.0. The second-order valence-electron chi connectivity index (χ2n) is 3.09. The average Bonchev–Trinajstić information content (AvgIpc) is 2.18. The molecule has 0 amide bonds. The van der Waals surface area contributed by atoms with E-state index in [0.29, 0.717) is 0 Å². The van der Waals surface area contributed by atoms with Crippen molar-refractivity contribution in [2.24, 2.45) is 0 Å². The Kier molecular flexibility index (Phi) is 2.03. The minimum atomic E-state index is -0.777. The fourth-order valence-electron chi connectivity index (χ4n) is 1.51. The van der Waals surface area contributed by atoms with Gasteiger partial charge >= 0.3 is 5.69 Å². The number of fused-ring (bicyclic) bond motifs is 1. The van der Waals surface area contributed by atoms with E-state index in [2.05, 4.69) is 0 Å². The van der Waals surface area contributed by atoms with Crippen molar-refractivity contribution in [3.8, 4) is 11.5 Å². The molecule has 0 spiro atoms. The number of phenols is 1. The maximum absolute atomic E-state index is 11.5. The Balaban J connectivity index is 2.71. The molecule has 0 unspecified atom stereocenters. The highest BCUT2D eigenvalue weighted by Crippen LogP contribution is 2.38. The normalized spacial score (nSPS) is 14.3. The quantitative estimate of drug-likeness (QED) is 0.555. The van der Waals surface area contributed by atoms with Gasteiger partial charge in [-0.2, -0.15) is 0 Å². The minimum absolute atomic E-state index is 0.0945. The van der Waals surface area contributed by atoms with E-state index >= 15 is 0 Å². The topological polar surface area (TPSA) is 89.7 Å². The van der Waals surface area contributed by atoms with Crippen LogP contribution in [0.2, 0.25) is 0 Å². The summed E-state index contributed by atoms with van der Waals surface area (Å²) < 4.78 is 5.10. The first kappa shape index (κ1) is 9.45. The molecule has 0 aromatic heterocycles. The molecular weight excluding hydrogens is 202 g/mol. The number of ketones is 1. The van der Waals surface area contributed by atoms with Crippen LogP contribution in [0.4, 0.5) is 5.69 Å². The van der Waals surface area contributed by atoms with Crippen molar-refractivity contribution in [2.75, 3.05) is 6.61 Å². The van der Waals surface area contributed by atoms with Crippen LogP contribution in [0.3, 0.4) is 0 Å². The standard InChI is InChI=1S/C9H7NO5/c11-5-3-4-15-7-2-1-6(12)9(8(5)7)10(13)14/h1-2,12H,3-4H2. The SMILES string of the molecule is O=C1CCOc2ccc(O)c([N+](=O)[O-])c21. The zero-order valence-electron chi connectivity index (χ0n) is 7.60. The van der Waals surface area contributed by atoms with Gasteiger partial charge in [-0.05, 0) is 12.1 Å². The number of nitro benzene ring substituents is 1. The predicted molar refractivity (Wildman–Crippen MR) is 49.2 cm³/mol. The molecule has 6 heteroatoms. The first-order valence-electron chi connectivity index (χ1n) is 4.27. The Hall–Kier alpha value is -2.11. The van der Waals surface area contributed by atoms with Crippen LogP contribution >= 0.6 is 0 Å². The van der Waals surface area contributed by atoms with Crippen molar-refractivity contribution in [3.63, 3.8) is 0 Å². The summed E-state index contributed by atoms with van der Waals surface area (Å²) in [5.41, 5.74) is -0.705. The van der Waals surface area contributed by atoms with Crippen LogP contribution in [0.15, 0.2) is 12.1 Å². The summed E-state index contributed by atoms with van der Waals surface area (Å²) in [6, 6.07) is 2.50. The third kappa shape index (κ3) is 1.39. The number of carbonyl (C=O) groups is 1. The van der Waals surface area contributed by atoms with E-state index in [4.69, 9.17) is 4.74 Å². The van der Waals surface area contributed by atoms with Crippen molar-refractivity contribution in [3.05, 3.63) is 27.8 Å². The van der Waals surface area contributed by atoms with E-state index in [0.717, 1.165) is 6.07 Å². The van der Waals surface area contributed by atoms with Crippen molar-refractivity contribution < 1.29 is 19.6 Å². The summed E-state index contributed by atoms with van der Waals surface area (Å²) in [6.45, 7) is 0.216. The molecule has 0 radical (unpaired) electrons. The van der Waals surface area contributed by atoms with Gasteiger partial charge in [-0.1, -0.05) is 0 Å². The Morgan fingerprint density at radius 1 is 1.47 bits per heavy atom. The molecule has 1 aromatic rings. The molecule has 1 N–H and O–H groups in total. The number of hydrogen-bond acceptors (Lipinski definition) is 5. The van der Waals surface area contributed by atoms with Crippen LogP contribution in [0.25, 0.3) is 0 Å². The van der Waals surface area contributed by atoms with Gasteiger partial charge in [0.2, 0.25) is 0 Å². The summed E-state index contributed by atoms with van der Waals surface area (Å²) >= 11 is 0. The molecule has 0 saturated carbocycles. The number of nitro groups is 1. The first-order valence-corrected chi connectivity index (χ1v) is 4.27. The maximum atomic E-state index is 11.5. The van der Waals surface area contributed by atoms with Gasteiger partial charge in [-0.25, -0.2) is 0 Å². The first-order chi connectivity index (χ1) is 7.11. The lowest BCUT2D eigenvalue weighted by Crippen LogP contribution is -2.16. The second kappa shape index (κ2) is 3.23. The highest BCUT2D eigenvalue weighted by Gasteiger charge is 2.31. The minimum Gasteiger partial charge on any atom is -0.502 e. The van der Waals surface area contributed by atoms with E-state index < -0.39 is 16.4 Å². The van der Waals surface area contributed by atoms with Gasteiger partial charge in [0.15, 0.2) is 11.5 Å². The van der Waals surface area contributed by atoms with Gasteiger partial charge < -0.3 is 9.84 Å². The largest absolute Gasteiger partial charge is 0.502 e. The number of benzene rings is 1. The molecule has 2 rings (SSSR count). The van der Waals surface area contributed by atoms with Crippen molar-refractivity contribution in [1.29, 1.82) is 0 Å². The summed E-state index contributed by atoms with van der Waals surface area (Å²) in [6.07, 6.45) is 0.0945. The summed E-state index contributed by atoms with van der Waals surface area (Å²) in [4.78, 5) is 21.4. The van der Waals surface area contributed by atoms with E-state index in [1.807, 2.05) is 0 Å². The number of carbonyl (C=O) groups excluding carboxylic acids is 1. The van der Waals surface area contributed by atoms with Crippen molar-refractivity contribution in [2.45, 2.75) is 6.42 Å². The fourth-order valence-corrected chi connectivity index (χ4v) is 1.51. The molecule has 0 fully saturated rings. The van der Waals surface area contributed by atoms with Crippen LogP contribution in [0.1, 0.15) is 16.8 Å². The number of nitrogens with zero attached hydrogens (tertiary/aromatic N) is 1. The lowest BCUT2D eigenvalue weighted by molar-refractivity contribution is -0.386. The van der Waals surface area contributed by atoms with Crippen molar-refractivity contribution in [1.82, 2.24) is 0 Å². The summed E-state index contributed by atoms with van der Waals surface area (Å²) in [5, 5.41) is 20.0. The summed E-state index contributed by atoms with van der Waals surface area (Å²) in [5.74, 6) is -0.729. The van der Waals surface area contributed by atoms with E-state index in [1.54, 1.807) is 0 Å². The molecule has 0 atom stereocenters. The number of rotatable bonds is 1.